The van der Waals surface area contributed by atoms with E-state index >= 15 is 0 Å². The van der Waals surface area contributed by atoms with Crippen LogP contribution in [-0.2, 0) is 9.53 Å². The van der Waals surface area contributed by atoms with Crippen LogP contribution in [0.1, 0.15) is 10.4 Å². The molecule has 1 aromatic heterocycles. The minimum Gasteiger partial charge on any atom is -0.452 e. The van der Waals surface area contributed by atoms with Crippen LogP contribution in [0.4, 0.5) is 5.69 Å². The van der Waals surface area contributed by atoms with Gasteiger partial charge in [-0.2, -0.15) is 5.26 Å². The predicted octanol–water partition coefficient (Wildman–Crippen LogP) is 2.52. The van der Waals surface area contributed by atoms with Gasteiger partial charge in [0.15, 0.2) is 6.61 Å². The lowest BCUT2D eigenvalue weighted by Crippen LogP contribution is -2.35. The smallest absolute Gasteiger partial charge is 0.341 e. The molecule has 1 amide bonds. The zero-order valence-electron chi connectivity index (χ0n) is 13.0. The average Bonchev–Trinajstić information content (AvgIpc) is 2.64. The number of amides is 1. The Morgan fingerprint density at radius 2 is 2.00 bits per heavy atom. The van der Waals surface area contributed by atoms with Crippen molar-refractivity contribution in [1.29, 1.82) is 5.26 Å². The van der Waals surface area contributed by atoms with Gasteiger partial charge in [-0.05, 0) is 30.5 Å². The SMILES string of the molecule is CSc1ncccc1C(=O)OCC(=O)N(CC#N)c1ccccc1. The molecule has 0 unspecified atom stereocenters. The molecule has 6 nitrogen and oxygen atoms in total. The van der Waals surface area contributed by atoms with E-state index in [-0.39, 0.29) is 6.54 Å². The number of carbonyl (C=O) groups excluding carboxylic acids is 2. The lowest BCUT2D eigenvalue weighted by Gasteiger charge is -2.19. The third-order valence-electron chi connectivity index (χ3n) is 3.11. The van der Waals surface area contributed by atoms with Gasteiger partial charge in [0.25, 0.3) is 5.91 Å². The van der Waals surface area contributed by atoms with Gasteiger partial charge in [-0.3, -0.25) is 9.69 Å². The second kappa shape index (κ2) is 8.70. The molecular weight excluding hydrogens is 326 g/mol. The highest BCUT2D eigenvalue weighted by atomic mass is 32.2. The maximum Gasteiger partial charge on any atom is 0.341 e. The maximum atomic E-state index is 12.3. The molecule has 0 radical (unpaired) electrons. The van der Waals surface area contributed by atoms with Crippen molar-refractivity contribution in [2.45, 2.75) is 5.03 Å². The first-order valence-electron chi connectivity index (χ1n) is 7.06. The highest BCUT2D eigenvalue weighted by Crippen LogP contribution is 2.18. The summed E-state index contributed by atoms with van der Waals surface area (Å²) in [5.41, 5.74) is 0.885. The fourth-order valence-electron chi connectivity index (χ4n) is 1.99. The molecule has 1 aromatic carbocycles. The number of rotatable bonds is 6. The summed E-state index contributed by atoms with van der Waals surface area (Å²) in [6, 6.07) is 13.9. The van der Waals surface area contributed by atoms with Gasteiger partial charge in [-0.15, -0.1) is 11.8 Å². The molecule has 24 heavy (non-hydrogen) atoms. The molecule has 1 heterocycles. The molecule has 2 rings (SSSR count). The van der Waals surface area contributed by atoms with Crippen molar-refractivity contribution in [3.8, 4) is 6.07 Å². The van der Waals surface area contributed by atoms with E-state index in [0.717, 1.165) is 0 Å². The first kappa shape index (κ1) is 17.5. The van der Waals surface area contributed by atoms with Gasteiger partial charge in [0, 0.05) is 11.9 Å². The van der Waals surface area contributed by atoms with Crippen molar-refractivity contribution >= 4 is 29.3 Å². The molecule has 0 bridgehead atoms. The Bertz CT molecular complexity index is 759. The predicted molar refractivity (Wildman–Crippen MR) is 90.7 cm³/mol. The van der Waals surface area contributed by atoms with E-state index in [1.54, 1.807) is 48.9 Å². The fraction of sp³-hybridized carbons (Fsp3) is 0.176. The molecule has 0 N–H and O–H groups in total. The number of carbonyl (C=O) groups is 2. The summed E-state index contributed by atoms with van der Waals surface area (Å²) in [6.07, 6.45) is 3.38. The highest BCUT2D eigenvalue weighted by Gasteiger charge is 2.19. The van der Waals surface area contributed by atoms with Crippen molar-refractivity contribution in [3.63, 3.8) is 0 Å². The monoisotopic (exact) mass is 341 g/mol. The molecular formula is C17H15N3O3S. The fourth-order valence-corrected chi connectivity index (χ4v) is 2.53. The Kier molecular flexibility index (Phi) is 6.34. The Hall–Kier alpha value is -2.85. The first-order valence-corrected chi connectivity index (χ1v) is 8.28. The summed E-state index contributed by atoms with van der Waals surface area (Å²) < 4.78 is 5.09. The summed E-state index contributed by atoms with van der Waals surface area (Å²) in [6.45, 7) is -0.568. The Morgan fingerprint density at radius 1 is 1.25 bits per heavy atom. The van der Waals surface area contributed by atoms with Gasteiger partial charge in [-0.1, -0.05) is 18.2 Å². The summed E-state index contributed by atoms with van der Waals surface area (Å²) in [4.78, 5) is 29.8. The third kappa shape index (κ3) is 4.33. The number of aromatic nitrogens is 1. The number of anilines is 1. The zero-order valence-corrected chi connectivity index (χ0v) is 13.8. The minimum absolute atomic E-state index is 0.122. The number of ether oxygens (including phenoxy) is 1. The van der Waals surface area contributed by atoms with Gasteiger partial charge in [0.2, 0.25) is 0 Å². The Balaban J connectivity index is 2.05. The van der Waals surface area contributed by atoms with E-state index in [4.69, 9.17) is 10.00 Å². The molecule has 0 spiro atoms. The number of nitriles is 1. The number of para-hydroxylation sites is 1. The van der Waals surface area contributed by atoms with Gasteiger partial charge >= 0.3 is 5.97 Å². The largest absolute Gasteiger partial charge is 0.452 e. The molecule has 0 atom stereocenters. The van der Waals surface area contributed by atoms with E-state index in [0.29, 0.717) is 16.3 Å². The summed E-state index contributed by atoms with van der Waals surface area (Å²) >= 11 is 1.32. The normalized spacial score (nSPS) is 9.83. The van der Waals surface area contributed by atoms with Crippen LogP contribution in [-0.4, -0.2) is 36.3 Å². The van der Waals surface area contributed by atoms with Crippen molar-refractivity contribution < 1.29 is 14.3 Å². The molecule has 7 heteroatoms. The van der Waals surface area contributed by atoms with Crippen LogP contribution in [0.2, 0.25) is 0 Å². The number of hydrogen-bond acceptors (Lipinski definition) is 6. The summed E-state index contributed by atoms with van der Waals surface area (Å²) in [5, 5.41) is 9.44. The zero-order chi connectivity index (χ0) is 17.4. The minimum atomic E-state index is -0.620. The maximum absolute atomic E-state index is 12.3. The molecule has 122 valence electrons. The van der Waals surface area contributed by atoms with E-state index in [2.05, 4.69) is 4.98 Å². The summed E-state index contributed by atoms with van der Waals surface area (Å²) in [7, 11) is 0. The van der Waals surface area contributed by atoms with Gasteiger partial charge in [-0.25, -0.2) is 9.78 Å². The van der Waals surface area contributed by atoms with E-state index in [9.17, 15) is 9.59 Å². The van der Waals surface area contributed by atoms with Gasteiger partial charge in [0.05, 0.1) is 11.6 Å². The van der Waals surface area contributed by atoms with Gasteiger partial charge in [0.1, 0.15) is 11.6 Å². The van der Waals surface area contributed by atoms with Crippen LogP contribution in [0, 0.1) is 11.3 Å². The Morgan fingerprint density at radius 3 is 2.67 bits per heavy atom. The summed E-state index contributed by atoms with van der Waals surface area (Å²) in [5.74, 6) is -1.09. The second-order valence-corrected chi connectivity index (χ2v) is 5.40. The number of hydrogen-bond donors (Lipinski definition) is 0. The number of esters is 1. The standard InChI is InChI=1S/C17H15N3O3S/c1-24-16-14(8-5-10-19-16)17(22)23-12-15(21)20(11-9-18)13-6-3-2-4-7-13/h2-8,10H,11-12H2,1H3. The van der Waals surface area contributed by atoms with Crippen LogP contribution >= 0.6 is 11.8 Å². The van der Waals surface area contributed by atoms with Crippen molar-refractivity contribution in [2.24, 2.45) is 0 Å². The first-order chi connectivity index (χ1) is 11.7. The van der Waals surface area contributed by atoms with Crippen LogP contribution in [0.25, 0.3) is 0 Å². The highest BCUT2D eigenvalue weighted by molar-refractivity contribution is 7.98. The number of benzene rings is 1. The van der Waals surface area contributed by atoms with E-state index in [1.165, 1.54) is 16.7 Å². The number of pyridine rings is 1. The van der Waals surface area contributed by atoms with Crippen molar-refractivity contribution in [3.05, 3.63) is 54.2 Å². The van der Waals surface area contributed by atoms with Crippen LogP contribution < -0.4 is 4.90 Å². The van der Waals surface area contributed by atoms with Crippen LogP contribution in [0.3, 0.4) is 0 Å². The molecule has 2 aromatic rings. The lowest BCUT2D eigenvalue weighted by molar-refractivity contribution is -0.121. The molecule has 0 aliphatic carbocycles. The molecule has 0 saturated carbocycles. The average molecular weight is 341 g/mol. The number of thioether (sulfide) groups is 1. The van der Waals surface area contributed by atoms with Crippen molar-refractivity contribution in [1.82, 2.24) is 4.98 Å². The third-order valence-corrected chi connectivity index (χ3v) is 3.82. The quantitative estimate of drug-likeness (QED) is 0.456. The van der Waals surface area contributed by atoms with Crippen molar-refractivity contribution in [2.75, 3.05) is 24.3 Å². The molecule has 0 fully saturated rings. The van der Waals surface area contributed by atoms with Gasteiger partial charge < -0.3 is 4.74 Å². The van der Waals surface area contributed by atoms with Crippen LogP contribution in [0.5, 0.6) is 0 Å². The molecule has 0 saturated heterocycles. The second-order valence-electron chi connectivity index (χ2n) is 4.61. The lowest BCUT2D eigenvalue weighted by atomic mass is 10.3. The van der Waals surface area contributed by atoms with E-state index < -0.39 is 18.5 Å². The Labute approximate surface area is 144 Å². The number of nitrogens with zero attached hydrogens (tertiary/aromatic N) is 3. The van der Waals surface area contributed by atoms with Crippen LogP contribution in [0.15, 0.2) is 53.7 Å². The molecule has 0 aliphatic rings. The molecule has 0 aliphatic heterocycles. The van der Waals surface area contributed by atoms with E-state index in [1.807, 2.05) is 12.1 Å². The topological polar surface area (TPSA) is 83.3 Å².